The zero-order valence-corrected chi connectivity index (χ0v) is 17.3. The zero-order valence-electron chi connectivity index (χ0n) is 14.1. The highest BCUT2D eigenvalue weighted by Crippen LogP contribution is 2.23. The van der Waals surface area contributed by atoms with Crippen LogP contribution in [0.25, 0.3) is 0 Å². The van der Waals surface area contributed by atoms with Gasteiger partial charge in [-0.25, -0.2) is 0 Å². The van der Waals surface area contributed by atoms with E-state index >= 15 is 0 Å². The molecule has 3 aromatic rings. The Kier molecular flexibility index (Phi) is 6.72. The molecule has 0 saturated carbocycles. The average Bonchev–Trinajstić information content (AvgIpc) is 2.67. The molecule has 0 unspecified atom stereocenters. The highest BCUT2D eigenvalue weighted by atomic mass is 79.9. The lowest BCUT2D eigenvalue weighted by Crippen LogP contribution is -2.11. The fraction of sp³-hybridized carbons (Fsp3) is 0.0476. The quantitative estimate of drug-likeness (QED) is 0.345. The van der Waals surface area contributed by atoms with Crippen molar-refractivity contribution < 1.29 is 9.59 Å². The first-order valence-corrected chi connectivity index (χ1v) is 10.3. The minimum Gasteiger partial charge on any atom is -0.322 e. The summed E-state index contributed by atoms with van der Waals surface area (Å²) in [6.07, 6.45) is 0. The SMILES string of the molecule is O=C(CSc1cccc(NC(=O)c2cccc(Cl)c2)c1)c1ccc(Br)cc1. The van der Waals surface area contributed by atoms with Gasteiger partial charge in [-0.3, -0.25) is 9.59 Å². The van der Waals surface area contributed by atoms with Gasteiger partial charge in [0.2, 0.25) is 0 Å². The fourth-order valence-corrected chi connectivity index (χ4v) is 3.67. The van der Waals surface area contributed by atoms with E-state index < -0.39 is 0 Å². The zero-order chi connectivity index (χ0) is 19.2. The summed E-state index contributed by atoms with van der Waals surface area (Å²) >= 11 is 10.7. The Morgan fingerprint density at radius 3 is 2.41 bits per heavy atom. The van der Waals surface area contributed by atoms with Gasteiger partial charge in [-0.05, 0) is 48.5 Å². The Labute approximate surface area is 175 Å². The van der Waals surface area contributed by atoms with Crippen LogP contribution in [-0.2, 0) is 0 Å². The minimum atomic E-state index is -0.231. The van der Waals surface area contributed by atoms with E-state index in [1.807, 2.05) is 36.4 Å². The lowest BCUT2D eigenvalue weighted by atomic mass is 10.2. The van der Waals surface area contributed by atoms with Gasteiger partial charge in [0.1, 0.15) is 0 Å². The number of nitrogens with one attached hydrogen (secondary N) is 1. The molecule has 27 heavy (non-hydrogen) atoms. The van der Waals surface area contributed by atoms with E-state index in [2.05, 4.69) is 21.2 Å². The summed E-state index contributed by atoms with van der Waals surface area (Å²) in [5.41, 5.74) is 1.84. The van der Waals surface area contributed by atoms with Gasteiger partial charge < -0.3 is 5.32 Å². The largest absolute Gasteiger partial charge is 0.322 e. The van der Waals surface area contributed by atoms with Crippen LogP contribution in [0.5, 0.6) is 0 Å². The standard InChI is InChI=1S/C21H15BrClNO2S/c22-16-9-7-14(8-10-16)20(25)13-27-19-6-2-5-18(12-19)24-21(26)15-3-1-4-17(23)11-15/h1-12H,13H2,(H,24,26). The van der Waals surface area contributed by atoms with E-state index in [4.69, 9.17) is 11.6 Å². The van der Waals surface area contributed by atoms with Crippen molar-refractivity contribution in [3.05, 3.63) is 93.4 Å². The van der Waals surface area contributed by atoms with E-state index in [0.29, 0.717) is 27.6 Å². The first-order chi connectivity index (χ1) is 13.0. The third-order valence-corrected chi connectivity index (χ3v) is 5.47. The summed E-state index contributed by atoms with van der Waals surface area (Å²) in [6, 6.07) is 21.5. The van der Waals surface area contributed by atoms with Crippen LogP contribution in [0.3, 0.4) is 0 Å². The number of Topliss-reactive ketones (excluding diaryl/α,β-unsaturated/α-hetero) is 1. The van der Waals surface area contributed by atoms with E-state index in [1.165, 1.54) is 11.8 Å². The van der Waals surface area contributed by atoms with Crippen LogP contribution >= 0.6 is 39.3 Å². The summed E-state index contributed by atoms with van der Waals surface area (Å²) in [6.45, 7) is 0. The maximum Gasteiger partial charge on any atom is 0.255 e. The minimum absolute atomic E-state index is 0.0564. The summed E-state index contributed by atoms with van der Waals surface area (Å²) in [4.78, 5) is 25.5. The van der Waals surface area contributed by atoms with Gasteiger partial charge in [0, 0.05) is 31.2 Å². The van der Waals surface area contributed by atoms with Crippen molar-refractivity contribution in [2.45, 2.75) is 4.90 Å². The molecule has 0 saturated heterocycles. The van der Waals surface area contributed by atoms with Crippen LogP contribution in [-0.4, -0.2) is 17.4 Å². The molecule has 0 heterocycles. The van der Waals surface area contributed by atoms with Crippen molar-refractivity contribution in [1.82, 2.24) is 0 Å². The molecule has 0 aliphatic carbocycles. The number of hydrogen-bond donors (Lipinski definition) is 1. The van der Waals surface area contributed by atoms with Gasteiger partial charge in [0.25, 0.3) is 5.91 Å². The third-order valence-electron chi connectivity index (χ3n) is 3.71. The molecule has 3 rings (SSSR count). The van der Waals surface area contributed by atoms with Crippen molar-refractivity contribution in [1.29, 1.82) is 0 Å². The maximum atomic E-state index is 12.3. The van der Waals surface area contributed by atoms with E-state index in [0.717, 1.165) is 9.37 Å². The molecule has 0 radical (unpaired) electrons. The second-order valence-electron chi connectivity index (χ2n) is 5.71. The first kappa shape index (κ1) is 19.7. The first-order valence-electron chi connectivity index (χ1n) is 8.10. The number of carbonyl (C=O) groups is 2. The number of halogens is 2. The molecule has 0 bridgehead atoms. The second kappa shape index (κ2) is 9.22. The summed E-state index contributed by atoms with van der Waals surface area (Å²) in [5, 5.41) is 3.36. The van der Waals surface area contributed by atoms with Crippen molar-refractivity contribution in [3.63, 3.8) is 0 Å². The highest BCUT2D eigenvalue weighted by molar-refractivity contribution is 9.10. The second-order valence-corrected chi connectivity index (χ2v) is 8.11. The van der Waals surface area contributed by atoms with Crippen LogP contribution < -0.4 is 5.32 Å². The topological polar surface area (TPSA) is 46.2 Å². The molecule has 0 fully saturated rings. The molecule has 0 atom stereocenters. The van der Waals surface area contributed by atoms with Crippen LogP contribution in [0.1, 0.15) is 20.7 Å². The number of thioether (sulfide) groups is 1. The predicted molar refractivity (Wildman–Crippen MR) is 115 cm³/mol. The lowest BCUT2D eigenvalue weighted by Gasteiger charge is -2.08. The van der Waals surface area contributed by atoms with E-state index in [9.17, 15) is 9.59 Å². The van der Waals surface area contributed by atoms with Crippen molar-refractivity contribution in [3.8, 4) is 0 Å². The predicted octanol–water partition coefficient (Wildman–Crippen LogP) is 6.33. The third kappa shape index (κ3) is 5.70. The Morgan fingerprint density at radius 2 is 1.67 bits per heavy atom. The Morgan fingerprint density at radius 1 is 0.926 bits per heavy atom. The van der Waals surface area contributed by atoms with Gasteiger partial charge in [-0.2, -0.15) is 0 Å². The molecular formula is C21H15BrClNO2S. The molecule has 6 heteroatoms. The van der Waals surface area contributed by atoms with E-state index in [1.54, 1.807) is 36.4 Å². The molecule has 0 aliphatic rings. The van der Waals surface area contributed by atoms with Gasteiger partial charge >= 0.3 is 0 Å². The molecule has 0 aromatic heterocycles. The molecule has 1 amide bonds. The lowest BCUT2D eigenvalue weighted by molar-refractivity contribution is 0.101. The summed E-state index contributed by atoms with van der Waals surface area (Å²) in [7, 11) is 0. The smallest absolute Gasteiger partial charge is 0.255 e. The number of carbonyl (C=O) groups excluding carboxylic acids is 2. The van der Waals surface area contributed by atoms with Crippen molar-refractivity contribution in [2.24, 2.45) is 0 Å². The van der Waals surface area contributed by atoms with E-state index in [-0.39, 0.29) is 11.7 Å². The Hall–Kier alpha value is -2.08. The molecule has 136 valence electrons. The van der Waals surface area contributed by atoms with Gasteiger partial charge in [0.15, 0.2) is 5.78 Å². The fourth-order valence-electron chi connectivity index (χ4n) is 2.36. The van der Waals surface area contributed by atoms with Crippen LogP contribution in [0.4, 0.5) is 5.69 Å². The average molecular weight is 461 g/mol. The molecule has 0 spiro atoms. The number of benzene rings is 3. The molecule has 1 N–H and O–H groups in total. The van der Waals surface area contributed by atoms with Crippen molar-refractivity contribution in [2.75, 3.05) is 11.1 Å². The molecular weight excluding hydrogens is 446 g/mol. The summed E-state index contributed by atoms with van der Waals surface area (Å²) in [5.74, 6) is 0.152. The summed E-state index contributed by atoms with van der Waals surface area (Å²) < 4.78 is 0.940. The van der Waals surface area contributed by atoms with Crippen LogP contribution in [0.15, 0.2) is 82.2 Å². The maximum absolute atomic E-state index is 12.3. The Bertz CT molecular complexity index is 976. The van der Waals surface area contributed by atoms with Gasteiger partial charge in [-0.15, -0.1) is 11.8 Å². The molecule has 0 aliphatic heterocycles. The molecule has 3 aromatic carbocycles. The normalized spacial score (nSPS) is 10.4. The van der Waals surface area contributed by atoms with Gasteiger partial charge in [0.05, 0.1) is 5.75 Å². The van der Waals surface area contributed by atoms with Crippen molar-refractivity contribution >= 4 is 56.7 Å². The molecule has 3 nitrogen and oxygen atoms in total. The Balaban J connectivity index is 1.62. The monoisotopic (exact) mass is 459 g/mol. The van der Waals surface area contributed by atoms with Gasteiger partial charge in [-0.1, -0.05) is 51.8 Å². The number of hydrogen-bond acceptors (Lipinski definition) is 3. The number of ketones is 1. The van der Waals surface area contributed by atoms with Crippen LogP contribution in [0, 0.1) is 0 Å². The number of anilines is 1. The number of rotatable bonds is 6. The number of amides is 1. The van der Waals surface area contributed by atoms with Crippen LogP contribution in [0.2, 0.25) is 5.02 Å². The highest BCUT2D eigenvalue weighted by Gasteiger charge is 2.09.